The number of para-hydroxylation sites is 1. The highest BCUT2D eigenvalue weighted by atomic mass is 32.2. The average Bonchev–Trinajstić information content (AvgIpc) is 2.75. The molecule has 1 aliphatic rings. The molecule has 2 atom stereocenters. The van der Waals surface area contributed by atoms with Crippen LogP contribution < -0.4 is 0 Å². The first kappa shape index (κ1) is 27.4. The number of nitro benzene ring substituents is 1. The number of hydroxylamine groups is 1. The van der Waals surface area contributed by atoms with Crippen molar-refractivity contribution in [3.05, 3.63) is 58.2 Å². The molecule has 1 aromatic rings. The van der Waals surface area contributed by atoms with Crippen molar-refractivity contribution in [2.75, 3.05) is 19.8 Å². The van der Waals surface area contributed by atoms with Gasteiger partial charge in [0, 0.05) is 12.6 Å². The molecule has 0 bridgehead atoms. The van der Waals surface area contributed by atoms with Gasteiger partial charge in [0.1, 0.15) is 5.60 Å². The molecule has 1 amide bonds. The lowest BCUT2D eigenvalue weighted by molar-refractivity contribution is -0.388. The number of nitrogens with zero attached hydrogens (tertiary/aromatic N) is 3. The van der Waals surface area contributed by atoms with Gasteiger partial charge in [-0.25, -0.2) is 13.2 Å². The minimum absolute atomic E-state index is 0.208. The highest BCUT2D eigenvalue weighted by Crippen LogP contribution is 2.34. The lowest BCUT2D eigenvalue weighted by Crippen LogP contribution is -2.57. The molecule has 0 saturated heterocycles. The summed E-state index contributed by atoms with van der Waals surface area (Å²) < 4.78 is 33.4. The summed E-state index contributed by atoms with van der Waals surface area (Å²) >= 11 is 0. The van der Waals surface area contributed by atoms with Crippen LogP contribution in [0.1, 0.15) is 34.6 Å². The van der Waals surface area contributed by atoms with E-state index < -0.39 is 55.9 Å². The second-order valence-electron chi connectivity index (χ2n) is 8.78. The third-order valence-corrected chi connectivity index (χ3v) is 7.05. The van der Waals surface area contributed by atoms with Crippen molar-refractivity contribution in [2.24, 2.45) is 0 Å². The van der Waals surface area contributed by atoms with E-state index in [0.717, 1.165) is 12.1 Å². The zero-order chi connectivity index (χ0) is 25.8. The molecule has 1 N–H and O–H groups in total. The molecule has 0 aliphatic carbocycles. The number of amides is 1. The van der Waals surface area contributed by atoms with E-state index in [1.54, 1.807) is 34.6 Å². The van der Waals surface area contributed by atoms with Crippen LogP contribution in [0.3, 0.4) is 0 Å². The van der Waals surface area contributed by atoms with Gasteiger partial charge in [0.15, 0.2) is 4.90 Å². The Kier molecular flexibility index (Phi) is 8.59. The molecule has 1 heterocycles. The maximum atomic E-state index is 13.6. The number of rotatable bonds is 8. The lowest BCUT2D eigenvalue weighted by atomic mass is 9.92. The van der Waals surface area contributed by atoms with Crippen LogP contribution in [-0.2, 0) is 19.6 Å². The number of sulfonamides is 1. The van der Waals surface area contributed by atoms with Crippen LogP contribution in [0.5, 0.6) is 0 Å². The normalized spacial score (nSPS) is 19.3. The van der Waals surface area contributed by atoms with Crippen molar-refractivity contribution >= 4 is 21.8 Å². The van der Waals surface area contributed by atoms with Crippen LogP contribution >= 0.6 is 0 Å². The van der Waals surface area contributed by atoms with Crippen molar-refractivity contribution < 1.29 is 32.8 Å². The van der Waals surface area contributed by atoms with Gasteiger partial charge in [0.25, 0.3) is 15.7 Å². The van der Waals surface area contributed by atoms with Crippen molar-refractivity contribution in [3.8, 4) is 0 Å². The first-order chi connectivity index (χ1) is 15.8. The standard InChI is InChI=1S/C22H31N3O8S/c1-7-12-32-25(34(30,31)20-11-9-8-10-17(20)24(28)29)18-13-23(21(27)33-22(4,5)6)19(14-26)16(3)15(18)2/h7-11,18-19,26H,1,12-14H2,2-6H3. The number of aliphatic hydroxyl groups excluding tert-OH is 1. The van der Waals surface area contributed by atoms with E-state index in [2.05, 4.69) is 6.58 Å². The number of ether oxygens (including phenoxy) is 1. The minimum Gasteiger partial charge on any atom is -0.444 e. The van der Waals surface area contributed by atoms with E-state index in [0.29, 0.717) is 15.6 Å². The summed E-state index contributed by atoms with van der Waals surface area (Å²) in [6.45, 7) is 11.1. The topological polar surface area (TPSA) is 140 Å². The van der Waals surface area contributed by atoms with Crippen LogP contribution in [0.15, 0.2) is 53.0 Å². The lowest BCUT2D eigenvalue weighted by Gasteiger charge is -2.43. The maximum absolute atomic E-state index is 13.6. The molecule has 0 fully saturated rings. The summed E-state index contributed by atoms with van der Waals surface area (Å²) in [5.41, 5.74) is -0.354. The van der Waals surface area contributed by atoms with Gasteiger partial charge in [0.05, 0.1) is 30.2 Å². The Balaban J connectivity index is 2.63. The molecule has 11 nitrogen and oxygen atoms in total. The van der Waals surface area contributed by atoms with E-state index in [4.69, 9.17) is 9.57 Å². The molecular formula is C22H31N3O8S. The van der Waals surface area contributed by atoms with Crippen LogP contribution in [-0.4, -0.2) is 71.4 Å². The molecule has 1 aliphatic heterocycles. The van der Waals surface area contributed by atoms with E-state index >= 15 is 0 Å². The predicted octanol–water partition coefficient (Wildman–Crippen LogP) is 3.02. The molecule has 0 spiro atoms. The van der Waals surface area contributed by atoms with Crippen molar-refractivity contribution in [1.82, 2.24) is 9.37 Å². The maximum Gasteiger partial charge on any atom is 0.410 e. The highest BCUT2D eigenvalue weighted by Gasteiger charge is 2.44. The number of benzene rings is 1. The number of carbonyl (C=O) groups is 1. The van der Waals surface area contributed by atoms with Gasteiger partial charge >= 0.3 is 6.09 Å². The van der Waals surface area contributed by atoms with Gasteiger partial charge < -0.3 is 9.84 Å². The fourth-order valence-electron chi connectivity index (χ4n) is 3.57. The predicted molar refractivity (Wildman–Crippen MR) is 124 cm³/mol. The highest BCUT2D eigenvalue weighted by molar-refractivity contribution is 7.89. The first-order valence-corrected chi connectivity index (χ1v) is 12.0. The monoisotopic (exact) mass is 497 g/mol. The van der Waals surface area contributed by atoms with E-state index in [1.807, 2.05) is 0 Å². The van der Waals surface area contributed by atoms with Crippen molar-refractivity contribution in [1.29, 1.82) is 0 Å². The van der Waals surface area contributed by atoms with Gasteiger partial charge in [-0.15, -0.1) is 6.58 Å². The molecule has 2 unspecified atom stereocenters. The second-order valence-corrected chi connectivity index (χ2v) is 10.5. The number of carbonyl (C=O) groups excluding carboxylic acids is 1. The van der Waals surface area contributed by atoms with E-state index in [9.17, 15) is 28.4 Å². The van der Waals surface area contributed by atoms with Crippen LogP contribution in [0.4, 0.5) is 10.5 Å². The summed E-state index contributed by atoms with van der Waals surface area (Å²) in [5.74, 6) is 0. The Morgan fingerprint density at radius 1 is 1.32 bits per heavy atom. The molecule has 0 aromatic heterocycles. The Morgan fingerprint density at radius 2 is 1.94 bits per heavy atom. The SMILES string of the molecule is C=CCON(C1CN(C(=O)OC(C)(C)C)C(CO)C(C)=C1C)S(=O)(=O)c1ccccc1[N+](=O)[O-]. The van der Waals surface area contributed by atoms with Crippen LogP contribution in [0.2, 0.25) is 0 Å². The average molecular weight is 498 g/mol. The quantitative estimate of drug-likeness (QED) is 0.328. The third kappa shape index (κ3) is 5.81. The molecular weight excluding hydrogens is 466 g/mol. The van der Waals surface area contributed by atoms with Gasteiger partial charge in [-0.2, -0.15) is 0 Å². The Labute approximate surface area is 199 Å². The van der Waals surface area contributed by atoms with E-state index in [1.165, 1.54) is 23.1 Å². The van der Waals surface area contributed by atoms with E-state index in [-0.39, 0.29) is 13.2 Å². The minimum atomic E-state index is -4.57. The second kappa shape index (κ2) is 10.6. The fourth-order valence-corrected chi connectivity index (χ4v) is 5.18. The summed E-state index contributed by atoms with van der Waals surface area (Å²) in [4.78, 5) is 29.9. The summed E-state index contributed by atoms with van der Waals surface area (Å²) in [6, 6.07) is 3.16. The summed E-state index contributed by atoms with van der Waals surface area (Å²) in [5, 5.41) is 21.5. The summed E-state index contributed by atoms with van der Waals surface area (Å²) in [6.07, 6.45) is 0.592. The Morgan fingerprint density at radius 3 is 2.47 bits per heavy atom. The zero-order valence-electron chi connectivity index (χ0n) is 19.9. The largest absolute Gasteiger partial charge is 0.444 e. The van der Waals surface area contributed by atoms with Crippen LogP contribution in [0.25, 0.3) is 0 Å². The first-order valence-electron chi connectivity index (χ1n) is 10.6. The van der Waals surface area contributed by atoms with Gasteiger partial charge in [-0.3, -0.25) is 19.9 Å². The van der Waals surface area contributed by atoms with Gasteiger partial charge in [-0.05, 0) is 51.8 Å². The third-order valence-electron chi connectivity index (χ3n) is 5.32. The zero-order valence-corrected chi connectivity index (χ0v) is 20.7. The van der Waals surface area contributed by atoms with Gasteiger partial charge in [-0.1, -0.05) is 22.7 Å². The number of hydrogen-bond acceptors (Lipinski definition) is 8. The molecule has 0 radical (unpaired) electrons. The number of hydrogen-bond donors (Lipinski definition) is 1. The van der Waals surface area contributed by atoms with Crippen LogP contribution in [0, 0.1) is 10.1 Å². The summed E-state index contributed by atoms with van der Waals surface area (Å²) in [7, 11) is -4.57. The Bertz CT molecular complexity index is 1080. The van der Waals surface area contributed by atoms with Crippen molar-refractivity contribution in [3.63, 3.8) is 0 Å². The fraction of sp³-hybridized carbons (Fsp3) is 0.500. The number of aliphatic hydroxyl groups is 1. The Hall–Kier alpha value is -2.80. The molecule has 12 heteroatoms. The molecule has 0 saturated carbocycles. The number of nitro groups is 1. The molecule has 188 valence electrons. The molecule has 2 rings (SSSR count). The molecule has 1 aromatic carbocycles. The molecule has 34 heavy (non-hydrogen) atoms. The van der Waals surface area contributed by atoms with Crippen molar-refractivity contribution in [2.45, 2.75) is 57.2 Å². The smallest absolute Gasteiger partial charge is 0.410 e. The van der Waals surface area contributed by atoms with Gasteiger partial charge in [0.2, 0.25) is 0 Å².